The van der Waals surface area contributed by atoms with Crippen LogP contribution in [0.25, 0.3) is 5.76 Å². The number of methoxy groups -OCH3 is 1. The minimum atomic E-state index is -1.02. The average molecular weight is 411 g/mol. The van der Waals surface area contributed by atoms with Gasteiger partial charge in [0.15, 0.2) is 11.5 Å². The molecule has 3 rings (SSSR count). The fourth-order valence-corrected chi connectivity index (χ4v) is 3.47. The van der Waals surface area contributed by atoms with Crippen LogP contribution < -0.4 is 4.74 Å². The average Bonchev–Trinajstić information content (AvgIpc) is 2.99. The van der Waals surface area contributed by atoms with Crippen LogP contribution in [0.5, 0.6) is 11.5 Å². The van der Waals surface area contributed by atoms with Crippen LogP contribution in [0, 0.1) is 0 Å². The number of carbonyl (C=O) groups excluding carboxylic acids is 2. The highest BCUT2D eigenvalue weighted by molar-refractivity contribution is 6.46. The molecule has 2 aromatic rings. The molecule has 1 aliphatic rings. The first-order valence-electron chi connectivity index (χ1n) is 9.27. The number of rotatable bonds is 7. The van der Waals surface area contributed by atoms with Gasteiger partial charge in [-0.3, -0.25) is 14.4 Å². The Balaban J connectivity index is 2.13. The molecular formula is C22H21NO7. The zero-order valence-electron chi connectivity index (χ0n) is 16.2. The molecule has 30 heavy (non-hydrogen) atoms. The Morgan fingerprint density at radius 3 is 2.43 bits per heavy atom. The first-order chi connectivity index (χ1) is 14.3. The molecule has 1 amide bonds. The number of amides is 1. The van der Waals surface area contributed by atoms with Crippen LogP contribution in [-0.2, 0) is 14.4 Å². The number of carboxylic acid groups (broad SMARTS) is 1. The zero-order valence-corrected chi connectivity index (χ0v) is 16.2. The standard InChI is InChI=1S/C22H21NO7/c1-30-16-12-14(9-10-15(16)24)19-18(20(27)13-6-3-2-4-7-13)21(28)22(29)23(19)11-5-8-17(25)26/h2-4,6-7,9-10,12,19,24,27H,5,8,11H2,1H3,(H,25,26)/t19-/m0/s1. The summed E-state index contributed by atoms with van der Waals surface area (Å²) in [5.74, 6) is -3.00. The summed E-state index contributed by atoms with van der Waals surface area (Å²) < 4.78 is 5.13. The van der Waals surface area contributed by atoms with Gasteiger partial charge in [0.1, 0.15) is 5.76 Å². The number of ketones is 1. The summed E-state index contributed by atoms with van der Waals surface area (Å²) in [5, 5.41) is 29.7. The van der Waals surface area contributed by atoms with Crippen molar-refractivity contribution in [2.45, 2.75) is 18.9 Å². The van der Waals surface area contributed by atoms with Gasteiger partial charge in [0, 0.05) is 18.5 Å². The van der Waals surface area contributed by atoms with Gasteiger partial charge in [-0.15, -0.1) is 0 Å². The molecule has 156 valence electrons. The van der Waals surface area contributed by atoms with Crippen molar-refractivity contribution in [2.75, 3.05) is 13.7 Å². The second kappa shape index (κ2) is 8.69. The molecule has 0 bridgehead atoms. The fraction of sp³-hybridized carbons (Fsp3) is 0.227. The van der Waals surface area contributed by atoms with Gasteiger partial charge in [0.2, 0.25) is 0 Å². The number of nitrogens with zero attached hydrogens (tertiary/aromatic N) is 1. The van der Waals surface area contributed by atoms with Crippen molar-refractivity contribution in [3.8, 4) is 11.5 Å². The molecule has 0 radical (unpaired) electrons. The Hall–Kier alpha value is -3.81. The van der Waals surface area contributed by atoms with Gasteiger partial charge in [-0.05, 0) is 24.1 Å². The number of aliphatic hydroxyl groups is 1. The molecule has 0 aliphatic carbocycles. The predicted molar refractivity (Wildman–Crippen MR) is 107 cm³/mol. The van der Waals surface area contributed by atoms with Crippen LogP contribution in [0.2, 0.25) is 0 Å². The number of hydrogen-bond acceptors (Lipinski definition) is 6. The van der Waals surface area contributed by atoms with Crippen molar-refractivity contribution in [3.63, 3.8) is 0 Å². The Morgan fingerprint density at radius 1 is 1.10 bits per heavy atom. The van der Waals surface area contributed by atoms with E-state index in [0.29, 0.717) is 11.1 Å². The van der Waals surface area contributed by atoms with Gasteiger partial charge in [-0.25, -0.2) is 0 Å². The maximum absolute atomic E-state index is 12.8. The van der Waals surface area contributed by atoms with Gasteiger partial charge in [0.25, 0.3) is 11.7 Å². The number of carboxylic acids is 1. The van der Waals surface area contributed by atoms with Crippen LogP contribution in [0.3, 0.4) is 0 Å². The topological polar surface area (TPSA) is 124 Å². The Morgan fingerprint density at radius 2 is 1.80 bits per heavy atom. The molecule has 0 saturated carbocycles. The fourth-order valence-electron chi connectivity index (χ4n) is 3.47. The van der Waals surface area contributed by atoms with Crippen LogP contribution in [0.4, 0.5) is 0 Å². The summed E-state index contributed by atoms with van der Waals surface area (Å²) in [7, 11) is 1.37. The summed E-state index contributed by atoms with van der Waals surface area (Å²) >= 11 is 0. The lowest BCUT2D eigenvalue weighted by Gasteiger charge is -2.25. The second-order valence-corrected chi connectivity index (χ2v) is 6.79. The van der Waals surface area contributed by atoms with Crippen molar-refractivity contribution in [2.24, 2.45) is 0 Å². The maximum Gasteiger partial charge on any atom is 0.303 e. The van der Waals surface area contributed by atoms with E-state index in [2.05, 4.69) is 0 Å². The van der Waals surface area contributed by atoms with E-state index in [1.54, 1.807) is 30.3 Å². The lowest BCUT2D eigenvalue weighted by atomic mass is 9.95. The Bertz CT molecular complexity index is 1010. The minimum Gasteiger partial charge on any atom is -0.507 e. The van der Waals surface area contributed by atoms with Gasteiger partial charge < -0.3 is 25.0 Å². The minimum absolute atomic E-state index is 0.0102. The highest BCUT2D eigenvalue weighted by Gasteiger charge is 2.46. The lowest BCUT2D eigenvalue weighted by molar-refractivity contribution is -0.140. The summed E-state index contributed by atoms with van der Waals surface area (Å²) in [4.78, 5) is 37.7. The summed E-state index contributed by atoms with van der Waals surface area (Å²) in [6.45, 7) is 0.0102. The van der Waals surface area contributed by atoms with E-state index in [9.17, 15) is 24.6 Å². The smallest absolute Gasteiger partial charge is 0.303 e. The maximum atomic E-state index is 12.8. The highest BCUT2D eigenvalue weighted by atomic mass is 16.5. The van der Waals surface area contributed by atoms with E-state index in [4.69, 9.17) is 9.84 Å². The number of Topliss-reactive ketones (excluding diaryl/α,β-unsaturated/α-hetero) is 1. The molecule has 8 nitrogen and oxygen atoms in total. The number of benzene rings is 2. The third kappa shape index (κ3) is 3.98. The molecule has 0 spiro atoms. The summed E-state index contributed by atoms with van der Waals surface area (Å²) in [6.07, 6.45) is -0.0350. The number of likely N-dealkylation sites (tertiary alicyclic amines) is 1. The molecule has 1 aliphatic heterocycles. The van der Waals surface area contributed by atoms with Crippen molar-refractivity contribution in [1.82, 2.24) is 4.90 Å². The van der Waals surface area contributed by atoms with E-state index in [-0.39, 0.29) is 42.2 Å². The van der Waals surface area contributed by atoms with Gasteiger partial charge in [0.05, 0.1) is 18.7 Å². The van der Waals surface area contributed by atoms with E-state index >= 15 is 0 Å². The van der Waals surface area contributed by atoms with E-state index in [0.717, 1.165) is 0 Å². The van der Waals surface area contributed by atoms with E-state index < -0.39 is 23.7 Å². The Labute approximate surface area is 172 Å². The van der Waals surface area contributed by atoms with Crippen molar-refractivity contribution < 1.29 is 34.4 Å². The van der Waals surface area contributed by atoms with Crippen LogP contribution in [-0.4, -0.2) is 51.5 Å². The van der Waals surface area contributed by atoms with Gasteiger partial charge >= 0.3 is 5.97 Å². The van der Waals surface area contributed by atoms with Gasteiger partial charge in [-0.1, -0.05) is 36.4 Å². The predicted octanol–water partition coefficient (Wildman–Crippen LogP) is 2.69. The second-order valence-electron chi connectivity index (χ2n) is 6.79. The lowest BCUT2D eigenvalue weighted by Crippen LogP contribution is -2.31. The first kappa shape index (κ1) is 20.9. The molecule has 0 aromatic heterocycles. The third-order valence-electron chi connectivity index (χ3n) is 4.90. The van der Waals surface area contributed by atoms with Crippen LogP contribution >= 0.6 is 0 Å². The molecular weight excluding hydrogens is 390 g/mol. The highest BCUT2D eigenvalue weighted by Crippen LogP contribution is 2.41. The molecule has 0 unspecified atom stereocenters. The molecule has 1 atom stereocenters. The number of phenolic OH excluding ortho intramolecular Hbond substituents is 1. The molecule has 8 heteroatoms. The molecule has 3 N–H and O–H groups in total. The molecule has 1 heterocycles. The normalized spacial score (nSPS) is 17.9. The third-order valence-corrected chi connectivity index (χ3v) is 4.90. The van der Waals surface area contributed by atoms with Gasteiger partial charge in [-0.2, -0.15) is 0 Å². The number of aliphatic carboxylic acids is 1. The number of hydrogen-bond donors (Lipinski definition) is 3. The number of ether oxygens (including phenoxy) is 1. The number of phenols is 1. The number of aromatic hydroxyl groups is 1. The molecule has 1 fully saturated rings. The largest absolute Gasteiger partial charge is 0.507 e. The van der Waals surface area contributed by atoms with Crippen molar-refractivity contribution >= 4 is 23.4 Å². The quantitative estimate of drug-likeness (QED) is 0.363. The van der Waals surface area contributed by atoms with Crippen LogP contribution in [0.15, 0.2) is 54.1 Å². The van der Waals surface area contributed by atoms with Crippen LogP contribution in [0.1, 0.15) is 30.0 Å². The Kier molecular flexibility index (Phi) is 6.06. The van der Waals surface area contributed by atoms with Crippen molar-refractivity contribution in [3.05, 3.63) is 65.2 Å². The summed E-state index contributed by atoms with van der Waals surface area (Å²) in [5.41, 5.74) is 0.711. The first-order valence-corrected chi connectivity index (χ1v) is 9.27. The van der Waals surface area contributed by atoms with E-state index in [1.165, 1.54) is 30.2 Å². The monoisotopic (exact) mass is 411 g/mol. The molecule has 2 aromatic carbocycles. The SMILES string of the molecule is COc1cc([C@H]2C(=C(O)c3ccccc3)C(=O)C(=O)N2CCCC(=O)O)ccc1O. The van der Waals surface area contributed by atoms with E-state index in [1.807, 2.05) is 0 Å². The zero-order chi connectivity index (χ0) is 21.8. The number of carbonyl (C=O) groups is 3. The van der Waals surface area contributed by atoms with Crippen molar-refractivity contribution in [1.29, 1.82) is 0 Å². The molecule has 1 saturated heterocycles. The number of aliphatic hydroxyl groups excluding tert-OH is 1. The summed E-state index contributed by atoms with van der Waals surface area (Å²) in [6, 6.07) is 11.8.